The number of carboxylic acids is 1. The third-order valence-electron chi connectivity index (χ3n) is 6.15. The number of imidazole rings is 1. The summed E-state index contributed by atoms with van der Waals surface area (Å²) in [7, 11) is 0. The molecule has 0 aliphatic rings. The van der Waals surface area contributed by atoms with Crippen LogP contribution < -0.4 is 10.6 Å². The lowest BCUT2D eigenvalue weighted by Crippen LogP contribution is -2.30. The molecule has 7 nitrogen and oxygen atoms in total. The van der Waals surface area contributed by atoms with E-state index in [9.17, 15) is 14.7 Å². The highest BCUT2D eigenvalue weighted by Crippen LogP contribution is 2.29. The minimum Gasteiger partial charge on any atom is -0.481 e. The Labute approximate surface area is 204 Å². The summed E-state index contributed by atoms with van der Waals surface area (Å²) in [6.45, 7) is 8.07. The maximum atomic E-state index is 13.4. The first-order valence-electron chi connectivity index (χ1n) is 11.7. The lowest BCUT2D eigenvalue weighted by molar-refractivity contribution is -0.137. The Kier molecular flexibility index (Phi) is 6.87. The number of amides is 1. The maximum Gasteiger partial charge on any atom is 0.305 e. The van der Waals surface area contributed by atoms with Gasteiger partial charge in [0.25, 0.3) is 5.91 Å². The van der Waals surface area contributed by atoms with E-state index >= 15 is 0 Å². The van der Waals surface area contributed by atoms with E-state index in [-0.39, 0.29) is 12.3 Å². The van der Waals surface area contributed by atoms with Gasteiger partial charge in [0, 0.05) is 11.9 Å². The first kappa shape index (κ1) is 24.0. The fraction of sp³-hybridized carbons (Fsp3) is 0.250. The molecule has 1 atom stereocenters. The number of carbonyl (C=O) groups excluding carboxylic acids is 1. The third kappa shape index (κ3) is 5.04. The molecule has 0 fully saturated rings. The summed E-state index contributed by atoms with van der Waals surface area (Å²) >= 11 is 0. The van der Waals surface area contributed by atoms with Gasteiger partial charge in [-0.2, -0.15) is 0 Å². The van der Waals surface area contributed by atoms with Crippen molar-refractivity contribution in [1.29, 1.82) is 0 Å². The van der Waals surface area contributed by atoms with Gasteiger partial charge < -0.3 is 15.7 Å². The van der Waals surface area contributed by atoms with Crippen LogP contribution in [-0.4, -0.2) is 26.4 Å². The van der Waals surface area contributed by atoms with Gasteiger partial charge in [0.05, 0.1) is 23.7 Å². The Bertz CT molecular complexity index is 1390. The molecule has 2 aromatic carbocycles. The van der Waals surface area contributed by atoms with Crippen LogP contribution in [0, 0.1) is 20.8 Å². The van der Waals surface area contributed by atoms with Crippen LogP contribution in [-0.2, 0) is 11.2 Å². The fourth-order valence-electron chi connectivity index (χ4n) is 4.35. The average molecular weight is 471 g/mol. The largest absolute Gasteiger partial charge is 0.481 e. The summed E-state index contributed by atoms with van der Waals surface area (Å²) in [6, 6.07) is 16.5. The van der Waals surface area contributed by atoms with E-state index in [1.165, 1.54) is 0 Å². The standard InChI is InChI=1S/C28H30N4O3/c1-5-22-27(31-25-18(3)10-7-11-19(25)4)32-14-8-13-21(26(32)29-22)28(35)30-23(16-24(33)34)20-12-6-9-17(2)15-20/h6-15,23,31H,5,16H2,1-4H3,(H,30,35)(H,33,34). The predicted octanol–water partition coefficient (Wildman–Crippen LogP) is 5.51. The normalized spacial score (nSPS) is 11.9. The van der Waals surface area contributed by atoms with Gasteiger partial charge in [0.15, 0.2) is 5.65 Å². The number of anilines is 2. The summed E-state index contributed by atoms with van der Waals surface area (Å²) in [5.41, 5.74) is 6.75. The fourth-order valence-corrected chi connectivity index (χ4v) is 4.35. The molecule has 1 amide bonds. The van der Waals surface area contributed by atoms with Gasteiger partial charge in [-0.25, -0.2) is 4.98 Å². The smallest absolute Gasteiger partial charge is 0.305 e. The van der Waals surface area contributed by atoms with E-state index in [1.807, 2.05) is 54.8 Å². The quantitative estimate of drug-likeness (QED) is 0.316. The minimum absolute atomic E-state index is 0.216. The summed E-state index contributed by atoms with van der Waals surface area (Å²) in [5, 5.41) is 15.9. The molecule has 4 aromatic rings. The van der Waals surface area contributed by atoms with Crippen molar-refractivity contribution in [3.05, 3.63) is 94.3 Å². The van der Waals surface area contributed by atoms with Crippen LogP contribution >= 0.6 is 0 Å². The summed E-state index contributed by atoms with van der Waals surface area (Å²) < 4.78 is 1.89. The first-order valence-corrected chi connectivity index (χ1v) is 11.7. The number of carboxylic acid groups (broad SMARTS) is 1. The number of hydrogen-bond acceptors (Lipinski definition) is 4. The first-order chi connectivity index (χ1) is 16.8. The molecule has 0 spiro atoms. The Morgan fingerprint density at radius 1 is 1.03 bits per heavy atom. The number of aryl methyl sites for hydroxylation is 4. The van der Waals surface area contributed by atoms with Gasteiger partial charge in [0.1, 0.15) is 5.82 Å². The van der Waals surface area contributed by atoms with E-state index in [0.29, 0.717) is 17.6 Å². The van der Waals surface area contributed by atoms with Crippen LogP contribution in [0.3, 0.4) is 0 Å². The molecular weight excluding hydrogens is 440 g/mol. The number of nitrogens with one attached hydrogen (secondary N) is 2. The van der Waals surface area contributed by atoms with Crippen LogP contribution in [0.25, 0.3) is 5.65 Å². The zero-order valence-corrected chi connectivity index (χ0v) is 20.4. The zero-order valence-electron chi connectivity index (χ0n) is 20.4. The molecule has 0 saturated carbocycles. The maximum absolute atomic E-state index is 13.4. The number of hydrogen-bond donors (Lipinski definition) is 3. The average Bonchev–Trinajstić information content (AvgIpc) is 3.18. The highest BCUT2D eigenvalue weighted by atomic mass is 16.4. The van der Waals surface area contributed by atoms with E-state index in [4.69, 9.17) is 4.98 Å². The predicted molar refractivity (Wildman–Crippen MR) is 137 cm³/mol. The molecule has 4 rings (SSSR count). The molecule has 3 N–H and O–H groups in total. The molecule has 35 heavy (non-hydrogen) atoms. The minimum atomic E-state index is -0.982. The van der Waals surface area contributed by atoms with E-state index in [2.05, 4.69) is 36.6 Å². The van der Waals surface area contributed by atoms with Gasteiger partial charge in [-0.1, -0.05) is 55.0 Å². The summed E-state index contributed by atoms with van der Waals surface area (Å²) in [5.74, 6) is -0.533. The van der Waals surface area contributed by atoms with Gasteiger partial charge in [-0.05, 0) is 56.0 Å². The highest BCUT2D eigenvalue weighted by molar-refractivity contribution is 6.00. The number of carbonyl (C=O) groups is 2. The van der Waals surface area contributed by atoms with Crippen molar-refractivity contribution >= 4 is 29.0 Å². The van der Waals surface area contributed by atoms with E-state index in [1.54, 1.807) is 12.1 Å². The Balaban J connectivity index is 1.73. The SMILES string of the molecule is CCc1nc2c(C(=O)NC(CC(=O)O)c3cccc(C)c3)cccn2c1Nc1c(C)cccc1C. The van der Waals surface area contributed by atoms with Crippen molar-refractivity contribution in [2.24, 2.45) is 0 Å². The monoisotopic (exact) mass is 470 g/mol. The van der Waals surface area contributed by atoms with Crippen LogP contribution in [0.4, 0.5) is 11.5 Å². The number of aliphatic carboxylic acids is 1. The second-order valence-corrected chi connectivity index (χ2v) is 8.81. The van der Waals surface area contributed by atoms with E-state index in [0.717, 1.165) is 39.5 Å². The lowest BCUT2D eigenvalue weighted by atomic mass is 10.0. The number of para-hydroxylation sites is 1. The van der Waals surface area contributed by atoms with Crippen molar-refractivity contribution in [2.75, 3.05) is 5.32 Å². The Hall–Kier alpha value is -4.13. The summed E-state index contributed by atoms with van der Waals surface area (Å²) in [4.78, 5) is 29.7. The summed E-state index contributed by atoms with van der Waals surface area (Å²) in [6.07, 6.45) is 2.34. The van der Waals surface area contributed by atoms with Crippen LogP contribution in [0.15, 0.2) is 60.8 Å². The van der Waals surface area contributed by atoms with Gasteiger partial charge in [-0.3, -0.25) is 14.0 Å². The van der Waals surface area contributed by atoms with E-state index < -0.39 is 12.0 Å². The molecule has 2 aromatic heterocycles. The molecular formula is C28H30N4O3. The highest BCUT2D eigenvalue weighted by Gasteiger charge is 2.23. The van der Waals surface area contributed by atoms with Crippen molar-refractivity contribution < 1.29 is 14.7 Å². The lowest BCUT2D eigenvalue weighted by Gasteiger charge is -2.18. The molecule has 0 aliphatic heterocycles. The molecule has 0 aliphatic carbocycles. The van der Waals surface area contributed by atoms with Gasteiger partial charge >= 0.3 is 5.97 Å². The number of nitrogens with zero attached hydrogens (tertiary/aromatic N) is 2. The van der Waals surface area contributed by atoms with Crippen LogP contribution in [0.5, 0.6) is 0 Å². The van der Waals surface area contributed by atoms with Crippen molar-refractivity contribution in [1.82, 2.24) is 14.7 Å². The molecule has 2 heterocycles. The number of fused-ring (bicyclic) bond motifs is 1. The number of benzene rings is 2. The molecule has 180 valence electrons. The molecule has 0 radical (unpaired) electrons. The zero-order chi connectivity index (χ0) is 25.1. The molecule has 7 heteroatoms. The van der Waals surface area contributed by atoms with Crippen LogP contribution in [0.1, 0.15) is 57.7 Å². The van der Waals surface area contributed by atoms with Crippen molar-refractivity contribution in [3.8, 4) is 0 Å². The van der Waals surface area contributed by atoms with Crippen molar-refractivity contribution in [2.45, 2.75) is 46.6 Å². The van der Waals surface area contributed by atoms with Gasteiger partial charge in [-0.15, -0.1) is 0 Å². The molecule has 0 saturated heterocycles. The third-order valence-corrected chi connectivity index (χ3v) is 6.15. The second-order valence-electron chi connectivity index (χ2n) is 8.81. The number of pyridine rings is 1. The molecule has 0 bridgehead atoms. The Morgan fingerprint density at radius 3 is 2.40 bits per heavy atom. The topological polar surface area (TPSA) is 95.7 Å². The second kappa shape index (κ2) is 10.0. The molecule has 1 unspecified atom stereocenters. The van der Waals surface area contributed by atoms with Gasteiger partial charge in [0.2, 0.25) is 0 Å². The number of aromatic nitrogens is 2. The Morgan fingerprint density at radius 2 is 1.74 bits per heavy atom. The number of rotatable bonds is 8. The van der Waals surface area contributed by atoms with Crippen molar-refractivity contribution in [3.63, 3.8) is 0 Å². The van der Waals surface area contributed by atoms with Crippen LogP contribution in [0.2, 0.25) is 0 Å².